The van der Waals surface area contributed by atoms with Gasteiger partial charge in [0.05, 0.1) is 18.8 Å². The first-order valence-corrected chi connectivity index (χ1v) is 11.6. The molecule has 0 N–H and O–H groups in total. The second-order valence-corrected chi connectivity index (χ2v) is 8.21. The molecule has 26 heavy (non-hydrogen) atoms. The number of ether oxygens (including phenoxy) is 1. The summed E-state index contributed by atoms with van der Waals surface area (Å²) in [7, 11) is 0. The Morgan fingerprint density at radius 2 is 1.31 bits per heavy atom. The molecule has 1 unspecified atom stereocenters. The summed E-state index contributed by atoms with van der Waals surface area (Å²) in [6.45, 7) is 10.8. The average molecular weight is 364 g/mol. The van der Waals surface area contributed by atoms with Gasteiger partial charge in [-0.1, -0.05) is 90.4 Å². The molecular formula is C24H45NO. The zero-order chi connectivity index (χ0) is 18.9. The van der Waals surface area contributed by atoms with Crippen LogP contribution in [0.3, 0.4) is 0 Å². The van der Waals surface area contributed by atoms with Crippen molar-refractivity contribution < 1.29 is 4.74 Å². The van der Waals surface area contributed by atoms with Gasteiger partial charge in [0.25, 0.3) is 0 Å². The van der Waals surface area contributed by atoms with E-state index in [1.807, 2.05) is 0 Å². The lowest BCUT2D eigenvalue weighted by atomic mass is 9.91. The summed E-state index contributed by atoms with van der Waals surface area (Å²) < 4.78 is 5.56. The third-order valence-electron chi connectivity index (χ3n) is 5.74. The second kappa shape index (κ2) is 15.5. The van der Waals surface area contributed by atoms with E-state index < -0.39 is 0 Å². The zero-order valence-corrected chi connectivity index (χ0v) is 18.1. The molecule has 2 heteroatoms. The van der Waals surface area contributed by atoms with Crippen LogP contribution in [0.1, 0.15) is 111 Å². The topological polar surface area (TPSA) is 12.5 Å². The molecule has 152 valence electrons. The Kier molecular flexibility index (Phi) is 14.0. The first kappa shape index (κ1) is 23.5. The highest BCUT2D eigenvalue weighted by Crippen LogP contribution is 2.24. The molecule has 0 aromatic carbocycles. The molecule has 0 aliphatic carbocycles. The lowest BCUT2D eigenvalue weighted by Gasteiger charge is -2.40. The highest BCUT2D eigenvalue weighted by atomic mass is 16.5. The van der Waals surface area contributed by atoms with E-state index in [0.29, 0.717) is 0 Å². The molecule has 0 radical (unpaired) electrons. The van der Waals surface area contributed by atoms with E-state index in [4.69, 9.17) is 4.74 Å². The standard InChI is InChI=1S/C24H45NO/c1-4-6-8-10-12-13-15-17-19-24(3,25-20-22-26-23-21-25)18-16-14-11-9-7-5-2/h4-16,18,20-23H2,1-3H3. The first-order valence-electron chi connectivity index (χ1n) is 11.6. The largest absolute Gasteiger partial charge is 0.379 e. The molecule has 1 heterocycles. The van der Waals surface area contributed by atoms with E-state index in [-0.39, 0.29) is 5.54 Å². The highest BCUT2D eigenvalue weighted by Gasteiger charge is 2.30. The number of hydrogen-bond acceptors (Lipinski definition) is 2. The lowest BCUT2D eigenvalue weighted by molar-refractivity contribution is -0.000638. The maximum absolute atomic E-state index is 5.56. The average Bonchev–Trinajstić information content (AvgIpc) is 2.67. The number of rotatable bonds is 14. The van der Waals surface area contributed by atoms with Gasteiger partial charge in [0, 0.05) is 19.5 Å². The third kappa shape index (κ3) is 10.6. The van der Waals surface area contributed by atoms with Gasteiger partial charge in [-0.3, -0.25) is 4.90 Å². The van der Waals surface area contributed by atoms with Crippen molar-refractivity contribution in [1.82, 2.24) is 4.90 Å². The Labute approximate surface area is 164 Å². The van der Waals surface area contributed by atoms with Crippen molar-refractivity contribution in [2.45, 2.75) is 116 Å². The summed E-state index contributed by atoms with van der Waals surface area (Å²) in [5.41, 5.74) is 0.0523. The Hall–Kier alpha value is -0.520. The normalized spacial score (nSPS) is 17.5. The van der Waals surface area contributed by atoms with Crippen molar-refractivity contribution in [3.05, 3.63) is 0 Å². The molecule has 2 nitrogen and oxygen atoms in total. The summed E-state index contributed by atoms with van der Waals surface area (Å²) in [5.74, 6) is 7.23. The maximum atomic E-state index is 5.56. The quantitative estimate of drug-likeness (QED) is 0.255. The number of unbranched alkanes of at least 4 members (excludes halogenated alkanes) is 11. The Morgan fingerprint density at radius 1 is 0.769 bits per heavy atom. The van der Waals surface area contributed by atoms with Crippen molar-refractivity contribution in [2.75, 3.05) is 26.3 Å². The monoisotopic (exact) mass is 363 g/mol. The van der Waals surface area contributed by atoms with Crippen LogP contribution in [0.5, 0.6) is 0 Å². The van der Waals surface area contributed by atoms with Gasteiger partial charge in [0.15, 0.2) is 0 Å². The van der Waals surface area contributed by atoms with E-state index in [9.17, 15) is 0 Å². The minimum absolute atomic E-state index is 0.0523. The smallest absolute Gasteiger partial charge is 0.0798 e. The fourth-order valence-electron chi connectivity index (χ4n) is 3.85. The number of nitrogens with zero attached hydrogens (tertiary/aromatic N) is 1. The summed E-state index contributed by atoms with van der Waals surface area (Å²) >= 11 is 0. The van der Waals surface area contributed by atoms with Crippen LogP contribution in [0.4, 0.5) is 0 Å². The van der Waals surface area contributed by atoms with Gasteiger partial charge < -0.3 is 4.74 Å². The Morgan fingerprint density at radius 3 is 1.92 bits per heavy atom. The van der Waals surface area contributed by atoms with Crippen molar-refractivity contribution in [3.63, 3.8) is 0 Å². The summed E-state index contributed by atoms with van der Waals surface area (Å²) in [5, 5.41) is 0. The molecule has 1 saturated heterocycles. The number of morpholine rings is 1. The molecule has 1 rings (SSSR count). The Balaban J connectivity index is 2.38. The molecule has 0 amide bonds. The van der Waals surface area contributed by atoms with Crippen molar-refractivity contribution in [1.29, 1.82) is 0 Å². The molecule has 1 aliphatic heterocycles. The van der Waals surface area contributed by atoms with E-state index in [1.165, 1.54) is 83.5 Å². The predicted octanol–water partition coefficient (Wildman–Crippen LogP) is 6.58. The molecule has 1 aliphatic rings. The van der Waals surface area contributed by atoms with Crippen LogP contribution in [0.2, 0.25) is 0 Å². The van der Waals surface area contributed by atoms with Gasteiger partial charge in [-0.15, -0.1) is 5.92 Å². The van der Waals surface area contributed by atoms with Crippen LogP contribution in [-0.4, -0.2) is 36.7 Å². The minimum Gasteiger partial charge on any atom is -0.379 e. The van der Waals surface area contributed by atoms with Crippen LogP contribution >= 0.6 is 0 Å². The lowest BCUT2D eigenvalue weighted by Crippen LogP contribution is -2.51. The Bertz CT molecular complexity index is 377. The van der Waals surface area contributed by atoms with Crippen LogP contribution in [-0.2, 0) is 4.74 Å². The molecule has 0 saturated carbocycles. The molecule has 0 aromatic rings. The van der Waals surface area contributed by atoms with Gasteiger partial charge in [-0.25, -0.2) is 0 Å². The third-order valence-corrected chi connectivity index (χ3v) is 5.74. The van der Waals surface area contributed by atoms with E-state index >= 15 is 0 Å². The summed E-state index contributed by atoms with van der Waals surface area (Å²) in [6.07, 6.45) is 18.6. The van der Waals surface area contributed by atoms with Gasteiger partial charge in [-0.05, 0) is 19.8 Å². The number of hydrogen-bond donors (Lipinski definition) is 0. The summed E-state index contributed by atoms with van der Waals surface area (Å²) in [6, 6.07) is 0. The van der Waals surface area contributed by atoms with E-state index in [1.54, 1.807) is 0 Å². The van der Waals surface area contributed by atoms with Gasteiger partial charge in [0.1, 0.15) is 0 Å². The summed E-state index contributed by atoms with van der Waals surface area (Å²) in [4.78, 5) is 2.58. The molecule has 0 aromatic heterocycles. The van der Waals surface area contributed by atoms with E-state index in [2.05, 4.69) is 37.5 Å². The molecule has 1 fully saturated rings. The van der Waals surface area contributed by atoms with Crippen LogP contribution in [0.25, 0.3) is 0 Å². The van der Waals surface area contributed by atoms with Crippen LogP contribution < -0.4 is 0 Å². The van der Waals surface area contributed by atoms with E-state index in [0.717, 1.165) is 32.7 Å². The molecule has 0 bridgehead atoms. The molecule has 1 atom stereocenters. The van der Waals surface area contributed by atoms with Crippen LogP contribution in [0, 0.1) is 11.8 Å². The molecular weight excluding hydrogens is 318 g/mol. The zero-order valence-electron chi connectivity index (χ0n) is 18.1. The van der Waals surface area contributed by atoms with Gasteiger partial charge >= 0.3 is 0 Å². The minimum atomic E-state index is 0.0523. The maximum Gasteiger partial charge on any atom is 0.0798 e. The first-order chi connectivity index (χ1) is 12.7. The second-order valence-electron chi connectivity index (χ2n) is 8.21. The highest BCUT2D eigenvalue weighted by molar-refractivity contribution is 5.17. The van der Waals surface area contributed by atoms with Gasteiger partial charge in [-0.2, -0.15) is 0 Å². The van der Waals surface area contributed by atoms with Crippen molar-refractivity contribution in [2.24, 2.45) is 0 Å². The predicted molar refractivity (Wildman–Crippen MR) is 115 cm³/mol. The van der Waals surface area contributed by atoms with Gasteiger partial charge in [0.2, 0.25) is 0 Å². The fraction of sp³-hybridized carbons (Fsp3) is 0.917. The van der Waals surface area contributed by atoms with Crippen molar-refractivity contribution >= 4 is 0 Å². The molecule has 0 spiro atoms. The van der Waals surface area contributed by atoms with Crippen molar-refractivity contribution in [3.8, 4) is 11.8 Å². The SMILES string of the molecule is CCCCCCCCC#CC(C)(CCCCCCCC)N1CCOCC1. The van der Waals surface area contributed by atoms with Crippen LogP contribution in [0.15, 0.2) is 0 Å². The fourth-order valence-corrected chi connectivity index (χ4v) is 3.85.